The zero-order chi connectivity index (χ0) is 22.4. The van der Waals surface area contributed by atoms with Crippen LogP contribution in [0.1, 0.15) is 41.4 Å². The van der Waals surface area contributed by atoms with Gasteiger partial charge in [-0.15, -0.1) is 0 Å². The third-order valence-corrected chi connectivity index (χ3v) is 5.23. The molecule has 0 aromatic heterocycles. The van der Waals surface area contributed by atoms with Gasteiger partial charge in [0.2, 0.25) is 5.91 Å². The monoisotopic (exact) mass is 415 g/mol. The summed E-state index contributed by atoms with van der Waals surface area (Å²) in [6.45, 7) is 3.91. The van der Waals surface area contributed by atoms with Crippen LogP contribution < -0.4 is 15.5 Å². The highest BCUT2D eigenvalue weighted by Crippen LogP contribution is 2.24. The standard InChI is InChI=1S/C26H29N3O2/c1-18(28-26(31)24-7-5-20(6-8-24)17-27-19(2)30)21-9-11-22(12-10-21)23-13-15-25(16-14-23)29(3)4/h5-16,18H,17H2,1-4H3,(H,27,30)(H,28,31). The summed E-state index contributed by atoms with van der Waals surface area (Å²) in [5, 5.41) is 5.79. The second kappa shape index (κ2) is 9.94. The highest BCUT2D eigenvalue weighted by atomic mass is 16.2. The van der Waals surface area contributed by atoms with Crippen molar-refractivity contribution in [2.24, 2.45) is 0 Å². The summed E-state index contributed by atoms with van der Waals surface area (Å²) in [5.74, 6) is -0.200. The zero-order valence-corrected chi connectivity index (χ0v) is 18.5. The largest absolute Gasteiger partial charge is 0.378 e. The van der Waals surface area contributed by atoms with Gasteiger partial charge < -0.3 is 15.5 Å². The van der Waals surface area contributed by atoms with E-state index in [0.717, 1.165) is 22.3 Å². The Hall–Kier alpha value is -3.60. The van der Waals surface area contributed by atoms with Crippen molar-refractivity contribution in [1.82, 2.24) is 10.6 Å². The van der Waals surface area contributed by atoms with Crippen molar-refractivity contribution in [3.05, 3.63) is 89.5 Å². The van der Waals surface area contributed by atoms with Crippen LogP contribution in [0.2, 0.25) is 0 Å². The Morgan fingerprint density at radius 1 is 0.839 bits per heavy atom. The van der Waals surface area contributed by atoms with Crippen LogP contribution >= 0.6 is 0 Å². The number of hydrogen-bond donors (Lipinski definition) is 2. The number of hydrogen-bond acceptors (Lipinski definition) is 3. The molecule has 160 valence electrons. The first-order valence-corrected chi connectivity index (χ1v) is 10.4. The molecule has 2 N–H and O–H groups in total. The predicted octanol–water partition coefficient (Wildman–Crippen LogP) is 4.55. The van der Waals surface area contributed by atoms with Crippen LogP contribution in [0.5, 0.6) is 0 Å². The maximum absolute atomic E-state index is 12.6. The molecule has 0 saturated carbocycles. The first-order valence-electron chi connectivity index (χ1n) is 10.4. The Labute approximate surface area is 184 Å². The van der Waals surface area contributed by atoms with Gasteiger partial charge in [0, 0.05) is 38.8 Å². The molecule has 1 unspecified atom stereocenters. The van der Waals surface area contributed by atoms with Crippen molar-refractivity contribution in [1.29, 1.82) is 0 Å². The van der Waals surface area contributed by atoms with Gasteiger partial charge in [0.25, 0.3) is 5.91 Å². The molecule has 0 fully saturated rings. The summed E-state index contributed by atoms with van der Waals surface area (Å²) in [7, 11) is 4.05. The van der Waals surface area contributed by atoms with Crippen LogP contribution in [0.25, 0.3) is 11.1 Å². The molecular formula is C26H29N3O2. The van der Waals surface area contributed by atoms with E-state index in [1.807, 2.05) is 33.2 Å². The van der Waals surface area contributed by atoms with E-state index < -0.39 is 0 Å². The third-order valence-electron chi connectivity index (χ3n) is 5.23. The lowest BCUT2D eigenvalue weighted by atomic mass is 10.0. The van der Waals surface area contributed by atoms with Gasteiger partial charge in [-0.1, -0.05) is 48.5 Å². The van der Waals surface area contributed by atoms with Crippen LogP contribution in [0.4, 0.5) is 5.69 Å². The number of rotatable bonds is 7. The molecule has 0 aliphatic rings. The van der Waals surface area contributed by atoms with E-state index in [0.29, 0.717) is 12.1 Å². The summed E-state index contributed by atoms with van der Waals surface area (Å²) in [5.41, 5.74) is 6.06. The van der Waals surface area contributed by atoms with E-state index in [1.165, 1.54) is 12.6 Å². The number of amides is 2. The fraction of sp³-hybridized carbons (Fsp3) is 0.231. The van der Waals surface area contributed by atoms with Crippen molar-refractivity contribution in [3.8, 4) is 11.1 Å². The van der Waals surface area contributed by atoms with Crippen LogP contribution in [0.3, 0.4) is 0 Å². The number of benzene rings is 3. The molecule has 0 aliphatic carbocycles. The SMILES string of the molecule is CC(=O)NCc1ccc(C(=O)NC(C)c2ccc(-c3ccc(N(C)C)cc3)cc2)cc1. The molecule has 0 heterocycles. The minimum Gasteiger partial charge on any atom is -0.378 e. The Balaban J connectivity index is 1.61. The van der Waals surface area contributed by atoms with E-state index in [2.05, 4.69) is 64.1 Å². The minimum absolute atomic E-state index is 0.0766. The maximum Gasteiger partial charge on any atom is 0.251 e. The Morgan fingerprint density at radius 2 is 1.39 bits per heavy atom. The maximum atomic E-state index is 12.6. The Bertz CT molecular complexity index is 1020. The third kappa shape index (κ3) is 5.95. The van der Waals surface area contributed by atoms with Crippen molar-refractivity contribution in [2.75, 3.05) is 19.0 Å². The molecule has 5 heteroatoms. The molecule has 3 aromatic rings. The molecule has 3 aromatic carbocycles. The number of carbonyl (C=O) groups excluding carboxylic acids is 2. The topological polar surface area (TPSA) is 61.4 Å². The van der Waals surface area contributed by atoms with Gasteiger partial charge in [0.1, 0.15) is 0 Å². The Morgan fingerprint density at radius 3 is 1.90 bits per heavy atom. The molecule has 5 nitrogen and oxygen atoms in total. The molecule has 3 rings (SSSR count). The molecule has 1 atom stereocenters. The summed E-state index contributed by atoms with van der Waals surface area (Å²) in [6.07, 6.45) is 0. The van der Waals surface area contributed by atoms with Gasteiger partial charge in [0.05, 0.1) is 6.04 Å². The lowest BCUT2D eigenvalue weighted by molar-refractivity contribution is -0.119. The van der Waals surface area contributed by atoms with E-state index in [1.54, 1.807) is 12.1 Å². The number of carbonyl (C=O) groups is 2. The van der Waals surface area contributed by atoms with Crippen molar-refractivity contribution < 1.29 is 9.59 Å². The van der Waals surface area contributed by atoms with Crippen LogP contribution in [-0.2, 0) is 11.3 Å². The van der Waals surface area contributed by atoms with Crippen molar-refractivity contribution >= 4 is 17.5 Å². The average molecular weight is 416 g/mol. The van der Waals surface area contributed by atoms with Crippen LogP contribution in [0.15, 0.2) is 72.8 Å². The number of nitrogens with one attached hydrogen (secondary N) is 2. The van der Waals surface area contributed by atoms with Crippen molar-refractivity contribution in [3.63, 3.8) is 0 Å². The van der Waals surface area contributed by atoms with Gasteiger partial charge in [-0.05, 0) is 53.4 Å². The van der Waals surface area contributed by atoms with Gasteiger partial charge in [-0.2, -0.15) is 0 Å². The molecule has 0 aliphatic heterocycles. The minimum atomic E-state index is -0.123. The van der Waals surface area contributed by atoms with E-state index >= 15 is 0 Å². The lowest BCUT2D eigenvalue weighted by Gasteiger charge is -2.16. The average Bonchev–Trinajstić information content (AvgIpc) is 2.78. The van der Waals surface area contributed by atoms with E-state index in [9.17, 15) is 9.59 Å². The first-order chi connectivity index (χ1) is 14.8. The summed E-state index contributed by atoms with van der Waals surface area (Å²) < 4.78 is 0. The molecule has 31 heavy (non-hydrogen) atoms. The summed E-state index contributed by atoms with van der Waals surface area (Å²) >= 11 is 0. The zero-order valence-electron chi connectivity index (χ0n) is 18.5. The quantitative estimate of drug-likeness (QED) is 0.595. The number of nitrogens with zero attached hydrogens (tertiary/aromatic N) is 1. The van der Waals surface area contributed by atoms with Crippen LogP contribution in [-0.4, -0.2) is 25.9 Å². The highest BCUT2D eigenvalue weighted by Gasteiger charge is 2.12. The van der Waals surface area contributed by atoms with Crippen molar-refractivity contribution in [2.45, 2.75) is 26.4 Å². The second-order valence-electron chi connectivity index (χ2n) is 7.87. The van der Waals surface area contributed by atoms with Gasteiger partial charge in [0.15, 0.2) is 0 Å². The van der Waals surface area contributed by atoms with Gasteiger partial charge in [-0.3, -0.25) is 9.59 Å². The number of anilines is 1. The normalized spacial score (nSPS) is 11.5. The van der Waals surface area contributed by atoms with E-state index in [-0.39, 0.29) is 17.9 Å². The molecule has 2 amide bonds. The first kappa shape index (κ1) is 22.1. The molecular weight excluding hydrogens is 386 g/mol. The predicted molar refractivity (Wildman–Crippen MR) is 126 cm³/mol. The molecule has 0 radical (unpaired) electrons. The van der Waals surface area contributed by atoms with E-state index in [4.69, 9.17) is 0 Å². The molecule has 0 saturated heterocycles. The fourth-order valence-electron chi connectivity index (χ4n) is 3.28. The molecule has 0 bridgehead atoms. The second-order valence-corrected chi connectivity index (χ2v) is 7.87. The Kier molecular flexibility index (Phi) is 7.08. The van der Waals surface area contributed by atoms with Gasteiger partial charge >= 0.3 is 0 Å². The van der Waals surface area contributed by atoms with Crippen LogP contribution in [0, 0.1) is 0 Å². The summed E-state index contributed by atoms with van der Waals surface area (Å²) in [4.78, 5) is 25.7. The molecule has 0 spiro atoms. The fourth-order valence-corrected chi connectivity index (χ4v) is 3.28. The van der Waals surface area contributed by atoms with Gasteiger partial charge in [-0.25, -0.2) is 0 Å². The summed E-state index contributed by atoms with van der Waals surface area (Å²) in [6, 6.07) is 23.9. The highest BCUT2D eigenvalue weighted by molar-refractivity contribution is 5.94. The smallest absolute Gasteiger partial charge is 0.251 e. The lowest BCUT2D eigenvalue weighted by Crippen LogP contribution is -2.26.